The molecule has 20 heavy (non-hydrogen) atoms. The molecule has 0 fully saturated rings. The number of methoxy groups -OCH3 is 1. The minimum atomic E-state index is -0.207. The Morgan fingerprint density at radius 1 is 1.00 bits per heavy atom. The van der Waals surface area contributed by atoms with Crippen molar-refractivity contribution < 1.29 is 9.47 Å². The van der Waals surface area contributed by atoms with E-state index in [1.807, 2.05) is 6.92 Å². The summed E-state index contributed by atoms with van der Waals surface area (Å²) in [7, 11) is 1.65. The molecule has 3 unspecified atom stereocenters. The van der Waals surface area contributed by atoms with Crippen LogP contribution in [0.5, 0.6) is 5.75 Å². The summed E-state index contributed by atoms with van der Waals surface area (Å²) >= 11 is 0. The zero-order chi connectivity index (χ0) is 15.1. The fourth-order valence-corrected chi connectivity index (χ4v) is 2.52. The van der Waals surface area contributed by atoms with Gasteiger partial charge in [0.05, 0.1) is 0 Å². The lowest BCUT2D eigenvalue weighted by Gasteiger charge is -2.25. The molecule has 114 valence electrons. The summed E-state index contributed by atoms with van der Waals surface area (Å²) in [6.07, 6.45) is 2.25. The minimum Gasteiger partial charge on any atom is -0.465 e. The second kappa shape index (κ2) is 8.31. The van der Waals surface area contributed by atoms with Gasteiger partial charge in [0.2, 0.25) is 0 Å². The maximum absolute atomic E-state index is 5.64. The summed E-state index contributed by atoms with van der Waals surface area (Å²) in [6, 6.07) is 8.52. The number of hydrogen-bond acceptors (Lipinski definition) is 2. The SMILES string of the molecule is CCC(C)C(CC(C)C)c1ccc(OC(C)OC)cc1. The fourth-order valence-electron chi connectivity index (χ4n) is 2.52. The first kappa shape index (κ1) is 17.0. The minimum absolute atomic E-state index is 0.207. The number of hydrogen-bond donors (Lipinski definition) is 0. The van der Waals surface area contributed by atoms with Crippen LogP contribution in [0.25, 0.3) is 0 Å². The molecule has 1 rings (SSSR count). The first-order valence-corrected chi connectivity index (χ1v) is 7.77. The monoisotopic (exact) mass is 278 g/mol. The Hall–Kier alpha value is -1.02. The third-order valence-corrected chi connectivity index (χ3v) is 4.00. The molecule has 0 radical (unpaired) electrons. The first-order valence-electron chi connectivity index (χ1n) is 7.77. The van der Waals surface area contributed by atoms with E-state index in [2.05, 4.69) is 52.0 Å². The topological polar surface area (TPSA) is 18.5 Å². The third-order valence-electron chi connectivity index (χ3n) is 4.00. The van der Waals surface area contributed by atoms with Crippen LogP contribution in [0.2, 0.25) is 0 Å². The summed E-state index contributed by atoms with van der Waals surface area (Å²) < 4.78 is 10.8. The summed E-state index contributed by atoms with van der Waals surface area (Å²) in [4.78, 5) is 0. The highest BCUT2D eigenvalue weighted by atomic mass is 16.7. The predicted octanol–water partition coefficient (Wildman–Crippen LogP) is 5.23. The van der Waals surface area contributed by atoms with Gasteiger partial charge in [-0.05, 0) is 48.8 Å². The third kappa shape index (κ3) is 5.16. The Balaban J connectivity index is 2.81. The molecule has 0 spiro atoms. The van der Waals surface area contributed by atoms with E-state index in [-0.39, 0.29) is 6.29 Å². The lowest BCUT2D eigenvalue weighted by Crippen LogP contribution is -2.14. The molecule has 0 bridgehead atoms. The number of rotatable bonds is 8. The van der Waals surface area contributed by atoms with Crippen molar-refractivity contribution in [3.8, 4) is 5.75 Å². The molecule has 2 heteroatoms. The Morgan fingerprint density at radius 2 is 1.60 bits per heavy atom. The van der Waals surface area contributed by atoms with Crippen molar-refractivity contribution in [2.45, 2.75) is 59.7 Å². The van der Waals surface area contributed by atoms with Crippen LogP contribution in [-0.4, -0.2) is 13.4 Å². The predicted molar refractivity (Wildman–Crippen MR) is 85.2 cm³/mol. The molecule has 0 aliphatic rings. The van der Waals surface area contributed by atoms with E-state index in [0.29, 0.717) is 11.8 Å². The van der Waals surface area contributed by atoms with Gasteiger partial charge >= 0.3 is 0 Å². The molecule has 0 N–H and O–H groups in total. The van der Waals surface area contributed by atoms with Gasteiger partial charge in [-0.2, -0.15) is 0 Å². The molecule has 0 aliphatic heterocycles. The van der Waals surface area contributed by atoms with Gasteiger partial charge in [-0.3, -0.25) is 0 Å². The van der Waals surface area contributed by atoms with E-state index < -0.39 is 0 Å². The van der Waals surface area contributed by atoms with Gasteiger partial charge in [0, 0.05) is 7.11 Å². The van der Waals surface area contributed by atoms with Gasteiger partial charge in [-0.25, -0.2) is 0 Å². The molecule has 0 aromatic heterocycles. The maximum Gasteiger partial charge on any atom is 0.196 e. The molecule has 0 aliphatic carbocycles. The molecule has 0 saturated carbocycles. The van der Waals surface area contributed by atoms with Crippen molar-refractivity contribution in [2.75, 3.05) is 7.11 Å². The average Bonchev–Trinajstić information content (AvgIpc) is 2.44. The smallest absolute Gasteiger partial charge is 0.196 e. The molecule has 2 nitrogen and oxygen atoms in total. The van der Waals surface area contributed by atoms with Crippen molar-refractivity contribution in [1.82, 2.24) is 0 Å². The number of ether oxygens (including phenoxy) is 2. The van der Waals surface area contributed by atoms with Crippen molar-refractivity contribution in [1.29, 1.82) is 0 Å². The molecule has 3 atom stereocenters. The zero-order valence-electron chi connectivity index (χ0n) is 13.8. The van der Waals surface area contributed by atoms with E-state index in [4.69, 9.17) is 9.47 Å². The Kier molecular flexibility index (Phi) is 7.08. The average molecular weight is 278 g/mol. The molecule has 0 saturated heterocycles. The van der Waals surface area contributed by atoms with Crippen LogP contribution in [0.1, 0.15) is 58.9 Å². The van der Waals surface area contributed by atoms with E-state index in [9.17, 15) is 0 Å². The van der Waals surface area contributed by atoms with Crippen LogP contribution in [0.3, 0.4) is 0 Å². The van der Waals surface area contributed by atoms with E-state index in [1.165, 1.54) is 18.4 Å². The molecule has 0 amide bonds. The van der Waals surface area contributed by atoms with Crippen molar-refractivity contribution in [2.24, 2.45) is 11.8 Å². The van der Waals surface area contributed by atoms with Crippen molar-refractivity contribution in [3.63, 3.8) is 0 Å². The highest BCUT2D eigenvalue weighted by Crippen LogP contribution is 2.33. The highest BCUT2D eigenvalue weighted by molar-refractivity contribution is 5.30. The zero-order valence-corrected chi connectivity index (χ0v) is 13.8. The highest BCUT2D eigenvalue weighted by Gasteiger charge is 2.19. The van der Waals surface area contributed by atoms with Gasteiger partial charge < -0.3 is 9.47 Å². The molecular weight excluding hydrogens is 248 g/mol. The quantitative estimate of drug-likeness (QED) is 0.606. The lowest BCUT2D eigenvalue weighted by molar-refractivity contribution is -0.0382. The largest absolute Gasteiger partial charge is 0.465 e. The molecule has 1 aromatic rings. The van der Waals surface area contributed by atoms with E-state index in [0.717, 1.165) is 11.7 Å². The second-order valence-corrected chi connectivity index (χ2v) is 6.11. The van der Waals surface area contributed by atoms with Gasteiger partial charge in [0.1, 0.15) is 5.75 Å². The Morgan fingerprint density at radius 3 is 2.05 bits per heavy atom. The van der Waals surface area contributed by atoms with Crippen molar-refractivity contribution >= 4 is 0 Å². The normalized spacial score (nSPS) is 15.9. The Labute approximate surface area is 124 Å². The van der Waals surface area contributed by atoms with Crippen LogP contribution >= 0.6 is 0 Å². The van der Waals surface area contributed by atoms with Gasteiger partial charge in [0.15, 0.2) is 6.29 Å². The van der Waals surface area contributed by atoms with E-state index >= 15 is 0 Å². The van der Waals surface area contributed by atoms with Crippen LogP contribution < -0.4 is 4.74 Å². The second-order valence-electron chi connectivity index (χ2n) is 6.11. The first-order chi connectivity index (χ1) is 9.47. The summed E-state index contributed by atoms with van der Waals surface area (Å²) in [5, 5.41) is 0. The van der Waals surface area contributed by atoms with Crippen LogP contribution in [0.4, 0.5) is 0 Å². The van der Waals surface area contributed by atoms with Crippen molar-refractivity contribution in [3.05, 3.63) is 29.8 Å². The molecule has 1 aromatic carbocycles. The van der Waals surface area contributed by atoms with E-state index in [1.54, 1.807) is 7.11 Å². The summed E-state index contributed by atoms with van der Waals surface area (Å²) in [6.45, 7) is 11.1. The molecular formula is C18H30O2. The number of benzene rings is 1. The van der Waals surface area contributed by atoms with Gasteiger partial charge in [-0.15, -0.1) is 0 Å². The summed E-state index contributed by atoms with van der Waals surface area (Å²) in [5.74, 6) is 2.94. The lowest BCUT2D eigenvalue weighted by atomic mass is 9.80. The molecule has 0 heterocycles. The van der Waals surface area contributed by atoms with Gasteiger partial charge in [-0.1, -0.05) is 46.2 Å². The fraction of sp³-hybridized carbons (Fsp3) is 0.667. The standard InChI is InChI=1S/C18H30O2/c1-7-14(4)18(12-13(2)3)16-8-10-17(11-9-16)20-15(5)19-6/h8-11,13-15,18H,7,12H2,1-6H3. The van der Waals surface area contributed by atoms with Crippen LogP contribution in [0, 0.1) is 11.8 Å². The van der Waals surface area contributed by atoms with Crippen LogP contribution in [0.15, 0.2) is 24.3 Å². The maximum atomic E-state index is 5.64. The summed E-state index contributed by atoms with van der Waals surface area (Å²) in [5.41, 5.74) is 1.42. The van der Waals surface area contributed by atoms with Gasteiger partial charge in [0.25, 0.3) is 0 Å². The Bertz CT molecular complexity index is 370. The van der Waals surface area contributed by atoms with Crippen LogP contribution in [-0.2, 0) is 4.74 Å².